The van der Waals surface area contributed by atoms with Crippen molar-refractivity contribution in [3.8, 4) is 0 Å². The van der Waals surface area contributed by atoms with Crippen LogP contribution in [0.5, 0.6) is 0 Å². The zero-order valence-electron chi connectivity index (χ0n) is 15.4. The van der Waals surface area contributed by atoms with Gasteiger partial charge in [0, 0.05) is 23.1 Å². The number of hydrogen-bond acceptors (Lipinski definition) is 4. The van der Waals surface area contributed by atoms with Gasteiger partial charge in [0.15, 0.2) is 0 Å². The SMILES string of the molecule is Cc1cnc(C(=O)Nc2cccc(C(=O)Nc3c(C)cccc3C)c2)cn1. The highest BCUT2D eigenvalue weighted by atomic mass is 16.2. The van der Waals surface area contributed by atoms with Crippen LogP contribution in [0.3, 0.4) is 0 Å². The number of anilines is 2. The molecule has 0 saturated heterocycles. The highest BCUT2D eigenvalue weighted by Crippen LogP contribution is 2.21. The third kappa shape index (κ3) is 4.36. The summed E-state index contributed by atoms with van der Waals surface area (Å²) in [6.07, 6.45) is 2.95. The first kappa shape index (κ1) is 18.3. The van der Waals surface area contributed by atoms with Crippen molar-refractivity contribution in [3.05, 3.63) is 82.9 Å². The molecule has 0 saturated carbocycles. The van der Waals surface area contributed by atoms with Crippen LogP contribution in [0.25, 0.3) is 0 Å². The monoisotopic (exact) mass is 360 g/mol. The lowest BCUT2D eigenvalue weighted by molar-refractivity contribution is 0.101. The minimum atomic E-state index is -0.380. The van der Waals surface area contributed by atoms with Gasteiger partial charge in [0.2, 0.25) is 0 Å². The van der Waals surface area contributed by atoms with Gasteiger partial charge in [0.25, 0.3) is 11.8 Å². The first-order chi connectivity index (χ1) is 12.9. The summed E-state index contributed by atoms with van der Waals surface area (Å²) in [5.74, 6) is -0.617. The summed E-state index contributed by atoms with van der Waals surface area (Å²) in [6.45, 7) is 5.69. The van der Waals surface area contributed by atoms with E-state index in [4.69, 9.17) is 0 Å². The van der Waals surface area contributed by atoms with Gasteiger partial charge >= 0.3 is 0 Å². The van der Waals surface area contributed by atoms with Gasteiger partial charge in [-0.2, -0.15) is 0 Å². The van der Waals surface area contributed by atoms with E-state index in [1.165, 1.54) is 12.4 Å². The van der Waals surface area contributed by atoms with Gasteiger partial charge < -0.3 is 10.6 Å². The molecule has 3 aromatic rings. The predicted octanol–water partition coefficient (Wildman–Crippen LogP) is 3.91. The van der Waals surface area contributed by atoms with E-state index in [0.717, 1.165) is 22.5 Å². The normalized spacial score (nSPS) is 10.3. The van der Waals surface area contributed by atoms with Crippen molar-refractivity contribution in [2.24, 2.45) is 0 Å². The number of para-hydroxylation sites is 1. The van der Waals surface area contributed by atoms with Crippen LogP contribution in [0.4, 0.5) is 11.4 Å². The molecule has 0 aliphatic carbocycles. The summed E-state index contributed by atoms with van der Waals surface area (Å²) in [6, 6.07) is 12.6. The van der Waals surface area contributed by atoms with Gasteiger partial charge in [-0.05, 0) is 50.1 Å². The van der Waals surface area contributed by atoms with E-state index >= 15 is 0 Å². The first-order valence-electron chi connectivity index (χ1n) is 8.51. The molecule has 136 valence electrons. The lowest BCUT2D eigenvalue weighted by Crippen LogP contribution is -2.16. The van der Waals surface area contributed by atoms with Crippen molar-refractivity contribution >= 4 is 23.2 Å². The smallest absolute Gasteiger partial charge is 0.275 e. The summed E-state index contributed by atoms with van der Waals surface area (Å²) in [7, 11) is 0. The van der Waals surface area contributed by atoms with E-state index in [-0.39, 0.29) is 17.5 Å². The van der Waals surface area contributed by atoms with Crippen LogP contribution in [-0.4, -0.2) is 21.8 Å². The number of rotatable bonds is 4. The van der Waals surface area contributed by atoms with Crippen LogP contribution in [0, 0.1) is 20.8 Å². The highest BCUT2D eigenvalue weighted by molar-refractivity contribution is 6.07. The Balaban J connectivity index is 1.76. The molecule has 0 spiro atoms. The molecule has 2 aromatic carbocycles. The molecule has 3 rings (SSSR count). The summed E-state index contributed by atoms with van der Waals surface area (Å²) >= 11 is 0. The Labute approximate surface area is 157 Å². The predicted molar refractivity (Wildman–Crippen MR) is 105 cm³/mol. The maximum Gasteiger partial charge on any atom is 0.275 e. The highest BCUT2D eigenvalue weighted by Gasteiger charge is 2.12. The molecule has 6 nitrogen and oxygen atoms in total. The fraction of sp³-hybridized carbons (Fsp3) is 0.143. The summed E-state index contributed by atoms with van der Waals surface area (Å²) in [4.78, 5) is 33.0. The number of benzene rings is 2. The standard InChI is InChI=1S/C21H20N4O2/c1-13-6-4-7-14(2)19(13)25-20(26)16-8-5-9-17(10-16)24-21(27)18-12-22-15(3)11-23-18/h4-12H,1-3H3,(H,24,27)(H,25,26). The van der Waals surface area contributed by atoms with Crippen molar-refractivity contribution in [1.82, 2.24) is 9.97 Å². The molecular weight excluding hydrogens is 340 g/mol. The molecule has 0 bridgehead atoms. The molecule has 27 heavy (non-hydrogen) atoms. The van der Waals surface area contributed by atoms with Crippen LogP contribution in [-0.2, 0) is 0 Å². The second-order valence-electron chi connectivity index (χ2n) is 6.30. The van der Waals surface area contributed by atoms with E-state index in [2.05, 4.69) is 20.6 Å². The molecule has 0 radical (unpaired) electrons. The van der Waals surface area contributed by atoms with E-state index in [1.54, 1.807) is 31.2 Å². The Bertz CT molecular complexity index is 977. The van der Waals surface area contributed by atoms with Gasteiger partial charge in [-0.3, -0.25) is 14.6 Å². The van der Waals surface area contributed by atoms with Crippen LogP contribution in [0.1, 0.15) is 37.7 Å². The van der Waals surface area contributed by atoms with Crippen LogP contribution < -0.4 is 10.6 Å². The summed E-state index contributed by atoms with van der Waals surface area (Å²) in [5.41, 5.74) is 4.69. The Morgan fingerprint density at radius 3 is 2.19 bits per heavy atom. The molecule has 0 unspecified atom stereocenters. The van der Waals surface area contributed by atoms with Crippen molar-refractivity contribution in [2.75, 3.05) is 10.6 Å². The molecule has 1 heterocycles. The zero-order valence-corrected chi connectivity index (χ0v) is 15.4. The molecular formula is C21H20N4O2. The minimum absolute atomic E-state index is 0.214. The molecule has 0 atom stereocenters. The van der Waals surface area contributed by atoms with Crippen molar-refractivity contribution in [2.45, 2.75) is 20.8 Å². The second-order valence-corrected chi connectivity index (χ2v) is 6.30. The number of nitrogens with one attached hydrogen (secondary N) is 2. The number of carbonyl (C=O) groups is 2. The average Bonchev–Trinajstić information content (AvgIpc) is 2.65. The minimum Gasteiger partial charge on any atom is -0.322 e. The van der Waals surface area contributed by atoms with E-state index < -0.39 is 0 Å². The molecule has 6 heteroatoms. The lowest BCUT2D eigenvalue weighted by atomic mass is 10.1. The van der Waals surface area contributed by atoms with Crippen molar-refractivity contribution in [3.63, 3.8) is 0 Å². The second kappa shape index (κ2) is 7.78. The van der Waals surface area contributed by atoms with E-state index in [0.29, 0.717) is 11.3 Å². The molecule has 0 fully saturated rings. The first-order valence-corrected chi connectivity index (χ1v) is 8.51. The van der Waals surface area contributed by atoms with E-state index in [1.807, 2.05) is 32.0 Å². The Morgan fingerprint density at radius 2 is 1.52 bits per heavy atom. The fourth-order valence-electron chi connectivity index (χ4n) is 2.64. The number of aryl methyl sites for hydroxylation is 3. The summed E-state index contributed by atoms with van der Waals surface area (Å²) < 4.78 is 0. The summed E-state index contributed by atoms with van der Waals surface area (Å²) in [5, 5.41) is 5.68. The van der Waals surface area contributed by atoms with E-state index in [9.17, 15) is 9.59 Å². The number of amides is 2. The Morgan fingerprint density at radius 1 is 0.815 bits per heavy atom. The number of nitrogens with zero attached hydrogens (tertiary/aromatic N) is 2. The van der Waals surface area contributed by atoms with Gasteiger partial charge in [0.1, 0.15) is 5.69 Å². The van der Waals surface area contributed by atoms with Crippen LogP contribution in [0.2, 0.25) is 0 Å². The van der Waals surface area contributed by atoms with Crippen molar-refractivity contribution < 1.29 is 9.59 Å². The third-order valence-corrected chi connectivity index (χ3v) is 4.12. The number of hydrogen-bond donors (Lipinski definition) is 2. The quantitative estimate of drug-likeness (QED) is 0.739. The fourth-order valence-corrected chi connectivity index (χ4v) is 2.64. The van der Waals surface area contributed by atoms with Gasteiger partial charge in [0.05, 0.1) is 11.9 Å². The molecule has 2 N–H and O–H groups in total. The molecule has 1 aromatic heterocycles. The zero-order chi connectivity index (χ0) is 19.4. The van der Waals surface area contributed by atoms with Crippen molar-refractivity contribution in [1.29, 1.82) is 0 Å². The number of carbonyl (C=O) groups excluding carboxylic acids is 2. The largest absolute Gasteiger partial charge is 0.322 e. The number of aromatic nitrogens is 2. The molecule has 0 aliphatic rings. The molecule has 2 amide bonds. The van der Waals surface area contributed by atoms with Gasteiger partial charge in [-0.25, -0.2) is 4.98 Å². The maximum atomic E-state index is 12.6. The maximum absolute atomic E-state index is 12.6. The third-order valence-electron chi connectivity index (χ3n) is 4.12. The topological polar surface area (TPSA) is 84.0 Å². The van der Waals surface area contributed by atoms with Crippen LogP contribution >= 0.6 is 0 Å². The average molecular weight is 360 g/mol. The Kier molecular flexibility index (Phi) is 5.26. The lowest BCUT2D eigenvalue weighted by Gasteiger charge is -2.12. The van der Waals surface area contributed by atoms with Gasteiger partial charge in [-0.1, -0.05) is 24.3 Å². The van der Waals surface area contributed by atoms with Crippen LogP contribution in [0.15, 0.2) is 54.9 Å². The van der Waals surface area contributed by atoms with Gasteiger partial charge in [-0.15, -0.1) is 0 Å². The molecule has 0 aliphatic heterocycles. The Hall–Kier alpha value is -3.54.